The van der Waals surface area contributed by atoms with Crippen LogP contribution in [0.2, 0.25) is 5.02 Å². The fourth-order valence-electron chi connectivity index (χ4n) is 2.18. The van der Waals surface area contributed by atoms with Crippen molar-refractivity contribution in [1.29, 1.82) is 0 Å². The van der Waals surface area contributed by atoms with Crippen LogP contribution in [0.1, 0.15) is 18.9 Å². The van der Waals surface area contributed by atoms with Crippen LogP contribution in [0.15, 0.2) is 63.5 Å². The SMILES string of the molecule is CC/C(=N/Nc1nc(-c2ccc(Br)cc2)cs1)c1ccc(Cl)cc1. The summed E-state index contributed by atoms with van der Waals surface area (Å²) in [5.41, 5.74) is 7.11. The average Bonchev–Trinajstić information content (AvgIpc) is 3.06. The van der Waals surface area contributed by atoms with Gasteiger partial charge in [0.15, 0.2) is 0 Å². The van der Waals surface area contributed by atoms with Gasteiger partial charge in [0.05, 0.1) is 11.4 Å². The number of benzene rings is 2. The average molecular weight is 421 g/mol. The molecule has 0 fully saturated rings. The molecule has 0 atom stereocenters. The van der Waals surface area contributed by atoms with Crippen molar-refractivity contribution in [1.82, 2.24) is 4.98 Å². The molecule has 1 heterocycles. The van der Waals surface area contributed by atoms with E-state index in [1.54, 1.807) is 0 Å². The van der Waals surface area contributed by atoms with E-state index >= 15 is 0 Å². The third-order valence-corrected chi connectivity index (χ3v) is 4.97. The third kappa shape index (κ3) is 4.23. The van der Waals surface area contributed by atoms with Gasteiger partial charge in [0.2, 0.25) is 5.13 Å². The minimum absolute atomic E-state index is 0.723. The number of aromatic nitrogens is 1. The Bertz CT molecular complexity index is 841. The lowest BCUT2D eigenvalue weighted by molar-refractivity contribution is 1.21. The van der Waals surface area contributed by atoms with Gasteiger partial charge in [-0.3, -0.25) is 5.43 Å². The van der Waals surface area contributed by atoms with Gasteiger partial charge in [-0.2, -0.15) is 5.10 Å². The molecule has 122 valence electrons. The van der Waals surface area contributed by atoms with E-state index in [-0.39, 0.29) is 0 Å². The Morgan fingerprint density at radius 3 is 2.54 bits per heavy atom. The second-order valence-corrected chi connectivity index (χ2v) is 7.29. The van der Waals surface area contributed by atoms with Gasteiger partial charge in [0, 0.05) is 20.4 Å². The number of nitrogens with one attached hydrogen (secondary N) is 1. The van der Waals surface area contributed by atoms with Crippen molar-refractivity contribution in [2.24, 2.45) is 5.10 Å². The van der Waals surface area contributed by atoms with E-state index in [4.69, 9.17) is 11.6 Å². The van der Waals surface area contributed by atoms with E-state index in [0.29, 0.717) is 0 Å². The monoisotopic (exact) mass is 419 g/mol. The van der Waals surface area contributed by atoms with E-state index in [0.717, 1.165) is 43.6 Å². The Kier molecular flexibility index (Phi) is 5.66. The maximum Gasteiger partial charge on any atom is 0.203 e. The summed E-state index contributed by atoms with van der Waals surface area (Å²) < 4.78 is 1.06. The molecule has 0 bridgehead atoms. The highest BCUT2D eigenvalue weighted by Gasteiger charge is 2.05. The van der Waals surface area contributed by atoms with Crippen LogP contribution in [0.5, 0.6) is 0 Å². The minimum Gasteiger partial charge on any atom is -0.252 e. The van der Waals surface area contributed by atoms with Crippen molar-refractivity contribution in [2.75, 3.05) is 5.43 Å². The van der Waals surface area contributed by atoms with Crippen molar-refractivity contribution in [3.63, 3.8) is 0 Å². The first-order chi connectivity index (χ1) is 11.7. The predicted molar refractivity (Wildman–Crippen MR) is 107 cm³/mol. The quantitative estimate of drug-likeness (QED) is 0.380. The van der Waals surface area contributed by atoms with Crippen molar-refractivity contribution >= 4 is 49.7 Å². The molecule has 0 spiro atoms. The zero-order valence-corrected chi connectivity index (χ0v) is 16.1. The summed E-state index contributed by atoms with van der Waals surface area (Å²) in [6, 6.07) is 15.8. The van der Waals surface area contributed by atoms with Crippen LogP contribution >= 0.6 is 38.9 Å². The summed E-state index contributed by atoms with van der Waals surface area (Å²) in [6.07, 6.45) is 0.819. The van der Waals surface area contributed by atoms with E-state index in [9.17, 15) is 0 Å². The summed E-state index contributed by atoms with van der Waals surface area (Å²) in [5.74, 6) is 0. The molecule has 1 N–H and O–H groups in total. The largest absolute Gasteiger partial charge is 0.252 e. The molecule has 24 heavy (non-hydrogen) atoms. The smallest absolute Gasteiger partial charge is 0.203 e. The molecule has 3 aromatic rings. The molecule has 3 nitrogen and oxygen atoms in total. The number of anilines is 1. The lowest BCUT2D eigenvalue weighted by Gasteiger charge is -2.04. The Balaban J connectivity index is 1.76. The molecule has 0 aliphatic rings. The Hall–Kier alpha value is -1.69. The first-order valence-corrected chi connectivity index (χ1v) is 9.50. The second-order valence-electron chi connectivity index (χ2n) is 5.08. The highest BCUT2D eigenvalue weighted by molar-refractivity contribution is 9.10. The van der Waals surface area contributed by atoms with Crippen molar-refractivity contribution < 1.29 is 0 Å². The van der Waals surface area contributed by atoms with Crippen molar-refractivity contribution in [3.8, 4) is 11.3 Å². The molecular weight excluding hydrogens is 406 g/mol. The van der Waals surface area contributed by atoms with Crippen molar-refractivity contribution in [2.45, 2.75) is 13.3 Å². The zero-order valence-electron chi connectivity index (χ0n) is 13.0. The number of halogens is 2. The lowest BCUT2D eigenvalue weighted by Crippen LogP contribution is -2.02. The van der Waals surface area contributed by atoms with Crippen LogP contribution in [0.3, 0.4) is 0 Å². The summed E-state index contributed by atoms with van der Waals surface area (Å²) in [4.78, 5) is 4.59. The highest BCUT2D eigenvalue weighted by atomic mass is 79.9. The number of hydrogen-bond donors (Lipinski definition) is 1. The van der Waals surface area contributed by atoms with E-state index in [1.807, 2.05) is 53.9 Å². The normalized spacial score (nSPS) is 11.5. The number of hydrogen-bond acceptors (Lipinski definition) is 4. The number of nitrogens with zero attached hydrogens (tertiary/aromatic N) is 2. The first-order valence-electron chi connectivity index (χ1n) is 7.45. The van der Waals surface area contributed by atoms with Gasteiger partial charge in [0.25, 0.3) is 0 Å². The van der Waals surface area contributed by atoms with Crippen LogP contribution in [0.4, 0.5) is 5.13 Å². The molecule has 1 aromatic heterocycles. The van der Waals surface area contributed by atoms with Crippen LogP contribution in [-0.2, 0) is 0 Å². The summed E-state index contributed by atoms with van der Waals surface area (Å²) >= 11 is 10.9. The van der Waals surface area contributed by atoms with E-state index < -0.39 is 0 Å². The van der Waals surface area contributed by atoms with Crippen LogP contribution < -0.4 is 5.43 Å². The molecule has 0 saturated heterocycles. The molecule has 0 amide bonds. The standard InChI is InChI=1S/C18H15BrClN3S/c1-2-16(12-5-9-15(20)10-6-12)22-23-18-21-17(11-24-18)13-3-7-14(19)8-4-13/h3-11H,2H2,1H3,(H,21,23)/b22-16-. The zero-order chi connectivity index (χ0) is 16.9. The fraction of sp³-hybridized carbons (Fsp3) is 0.111. The van der Waals surface area contributed by atoms with Crippen LogP contribution in [0.25, 0.3) is 11.3 Å². The van der Waals surface area contributed by atoms with Gasteiger partial charge in [-0.1, -0.05) is 58.7 Å². The van der Waals surface area contributed by atoms with E-state index in [2.05, 4.69) is 38.4 Å². The molecule has 0 aliphatic heterocycles. The maximum absolute atomic E-state index is 5.94. The number of thiazole rings is 1. The lowest BCUT2D eigenvalue weighted by atomic mass is 10.1. The van der Waals surface area contributed by atoms with Crippen LogP contribution in [-0.4, -0.2) is 10.7 Å². The Morgan fingerprint density at radius 2 is 1.88 bits per heavy atom. The van der Waals surface area contributed by atoms with E-state index in [1.165, 1.54) is 11.3 Å². The number of rotatable bonds is 5. The van der Waals surface area contributed by atoms with Gasteiger partial charge in [-0.25, -0.2) is 4.98 Å². The Labute approximate surface area is 158 Å². The van der Waals surface area contributed by atoms with Crippen LogP contribution in [0, 0.1) is 0 Å². The van der Waals surface area contributed by atoms with Gasteiger partial charge >= 0.3 is 0 Å². The first kappa shape index (κ1) is 17.1. The topological polar surface area (TPSA) is 37.3 Å². The molecular formula is C18H15BrClN3S. The molecule has 0 radical (unpaired) electrons. The van der Waals surface area contributed by atoms with Gasteiger partial charge in [-0.15, -0.1) is 11.3 Å². The molecule has 2 aromatic carbocycles. The second kappa shape index (κ2) is 7.92. The van der Waals surface area contributed by atoms with Gasteiger partial charge in [-0.05, 0) is 36.2 Å². The minimum atomic E-state index is 0.723. The number of hydrazone groups is 1. The molecule has 0 saturated carbocycles. The van der Waals surface area contributed by atoms with Crippen molar-refractivity contribution in [3.05, 3.63) is 69.0 Å². The Morgan fingerprint density at radius 1 is 1.17 bits per heavy atom. The predicted octanol–water partition coefficient (Wildman–Crippen LogP) is 6.45. The summed E-state index contributed by atoms with van der Waals surface area (Å²) in [6.45, 7) is 2.07. The van der Waals surface area contributed by atoms with Gasteiger partial charge < -0.3 is 0 Å². The molecule has 0 aliphatic carbocycles. The summed E-state index contributed by atoms with van der Waals surface area (Å²) in [5, 5.41) is 8.01. The fourth-order valence-corrected chi connectivity index (χ4v) is 3.24. The molecule has 3 rings (SSSR count). The highest BCUT2D eigenvalue weighted by Crippen LogP contribution is 2.26. The summed E-state index contributed by atoms with van der Waals surface area (Å²) in [7, 11) is 0. The third-order valence-electron chi connectivity index (χ3n) is 3.44. The maximum atomic E-state index is 5.94. The molecule has 0 unspecified atom stereocenters. The van der Waals surface area contributed by atoms with Gasteiger partial charge in [0.1, 0.15) is 0 Å². The molecule has 6 heteroatoms.